The highest BCUT2D eigenvalue weighted by molar-refractivity contribution is 7.99. The number of aliphatic hydroxyl groups is 1. The second kappa shape index (κ2) is 8.14. The molecule has 5 rings (SSSR count). The van der Waals surface area contributed by atoms with Gasteiger partial charge in [0.1, 0.15) is 10.7 Å². The molecular formula is C25H32N4OS. The smallest absolute Gasteiger partial charge is 0.153 e. The van der Waals surface area contributed by atoms with E-state index in [1.165, 1.54) is 43.0 Å². The summed E-state index contributed by atoms with van der Waals surface area (Å²) in [6.07, 6.45) is 8.67. The van der Waals surface area contributed by atoms with Crippen LogP contribution in [0.3, 0.4) is 0 Å². The summed E-state index contributed by atoms with van der Waals surface area (Å²) in [7, 11) is 2.07. The van der Waals surface area contributed by atoms with Gasteiger partial charge in [-0.3, -0.25) is 0 Å². The zero-order chi connectivity index (χ0) is 21.6. The van der Waals surface area contributed by atoms with E-state index in [1.807, 2.05) is 6.92 Å². The fourth-order valence-corrected chi connectivity index (χ4v) is 6.77. The van der Waals surface area contributed by atoms with Crippen LogP contribution in [-0.4, -0.2) is 32.7 Å². The summed E-state index contributed by atoms with van der Waals surface area (Å²) in [5.74, 6) is 1.71. The monoisotopic (exact) mass is 436 g/mol. The quantitative estimate of drug-likeness (QED) is 0.599. The largest absolute Gasteiger partial charge is 0.390 e. The third-order valence-corrected chi connectivity index (χ3v) is 8.84. The molecule has 1 N–H and O–H groups in total. The molecule has 2 aliphatic rings. The molecule has 3 aromatic rings. The third-order valence-electron chi connectivity index (χ3n) is 7.71. The van der Waals surface area contributed by atoms with Crippen molar-refractivity contribution in [2.75, 3.05) is 18.0 Å². The highest BCUT2D eigenvalue weighted by Gasteiger charge is 2.42. The van der Waals surface area contributed by atoms with Gasteiger partial charge >= 0.3 is 0 Å². The number of hydrogen-bond donors (Lipinski definition) is 1. The van der Waals surface area contributed by atoms with Crippen molar-refractivity contribution < 1.29 is 5.11 Å². The second-order valence-electron chi connectivity index (χ2n) is 9.41. The van der Waals surface area contributed by atoms with Crippen LogP contribution in [0.5, 0.6) is 0 Å². The molecule has 0 radical (unpaired) electrons. The van der Waals surface area contributed by atoms with Gasteiger partial charge in [0.25, 0.3) is 0 Å². The Morgan fingerprint density at radius 2 is 1.97 bits per heavy atom. The normalized spacial score (nSPS) is 20.8. The molecule has 0 unspecified atom stereocenters. The number of hydrogen-bond acceptors (Lipinski definition) is 5. The Balaban J connectivity index is 1.41. The highest BCUT2D eigenvalue weighted by Crippen LogP contribution is 2.50. The van der Waals surface area contributed by atoms with Crippen molar-refractivity contribution in [3.8, 4) is 0 Å². The summed E-state index contributed by atoms with van der Waals surface area (Å²) in [6, 6.07) is 8.48. The van der Waals surface area contributed by atoms with E-state index in [-0.39, 0.29) is 6.61 Å². The molecule has 3 heterocycles. The van der Waals surface area contributed by atoms with Crippen molar-refractivity contribution in [3.05, 3.63) is 41.9 Å². The number of fused-ring (bicyclic) bond motifs is 1. The van der Waals surface area contributed by atoms with Gasteiger partial charge in [-0.25, -0.2) is 9.97 Å². The number of piperidine rings is 1. The van der Waals surface area contributed by atoms with Gasteiger partial charge < -0.3 is 14.6 Å². The standard InChI is InChI=1S/C25H32N4OS/c1-17-6-5-10-25(17)11-14-29(15-12-25)23-20(16-30)27-24(18(2)26-23)31-21-8-4-7-19-9-13-28(3)22(19)21/h4,7-9,13,17,30H,5-6,10-12,14-16H2,1-3H3/t17-/m1/s1. The van der Waals surface area contributed by atoms with Crippen LogP contribution in [0, 0.1) is 18.3 Å². The summed E-state index contributed by atoms with van der Waals surface area (Å²) in [5, 5.41) is 12.2. The zero-order valence-corrected chi connectivity index (χ0v) is 19.6. The molecule has 5 nitrogen and oxygen atoms in total. The lowest BCUT2D eigenvalue weighted by Gasteiger charge is -2.43. The number of aliphatic hydroxyl groups excluding tert-OH is 1. The van der Waals surface area contributed by atoms with E-state index in [1.54, 1.807) is 11.8 Å². The first-order chi connectivity index (χ1) is 15.0. The van der Waals surface area contributed by atoms with Crippen LogP contribution in [0.4, 0.5) is 5.82 Å². The Morgan fingerprint density at radius 3 is 2.68 bits per heavy atom. The van der Waals surface area contributed by atoms with Crippen LogP contribution in [0.2, 0.25) is 0 Å². The van der Waals surface area contributed by atoms with E-state index in [2.05, 4.69) is 53.9 Å². The number of anilines is 1. The van der Waals surface area contributed by atoms with Crippen molar-refractivity contribution in [2.24, 2.45) is 18.4 Å². The second-order valence-corrected chi connectivity index (χ2v) is 10.4. The van der Waals surface area contributed by atoms with Gasteiger partial charge in [-0.05, 0) is 49.7 Å². The molecule has 0 amide bonds. The number of nitrogens with zero attached hydrogens (tertiary/aromatic N) is 4. The molecule has 1 saturated heterocycles. The van der Waals surface area contributed by atoms with E-state index in [4.69, 9.17) is 9.97 Å². The molecular weight excluding hydrogens is 404 g/mol. The summed E-state index contributed by atoms with van der Waals surface area (Å²) in [6.45, 7) is 6.42. The Bertz CT molecular complexity index is 1100. The lowest BCUT2D eigenvalue weighted by atomic mass is 9.71. The summed E-state index contributed by atoms with van der Waals surface area (Å²) >= 11 is 1.64. The van der Waals surface area contributed by atoms with E-state index in [9.17, 15) is 5.11 Å². The van der Waals surface area contributed by atoms with Crippen LogP contribution in [0.1, 0.15) is 50.4 Å². The average molecular weight is 437 g/mol. The topological polar surface area (TPSA) is 54.2 Å². The van der Waals surface area contributed by atoms with Gasteiger partial charge in [0, 0.05) is 36.6 Å². The van der Waals surface area contributed by atoms with E-state index in [0.29, 0.717) is 11.1 Å². The van der Waals surface area contributed by atoms with Crippen LogP contribution in [0.25, 0.3) is 10.9 Å². The first kappa shape index (κ1) is 20.8. The van der Waals surface area contributed by atoms with E-state index >= 15 is 0 Å². The minimum atomic E-state index is -0.0808. The molecule has 1 saturated carbocycles. The van der Waals surface area contributed by atoms with Crippen LogP contribution < -0.4 is 4.90 Å². The van der Waals surface area contributed by atoms with Crippen molar-refractivity contribution in [2.45, 2.75) is 62.5 Å². The Hall–Kier alpha value is -2.05. The van der Waals surface area contributed by atoms with Gasteiger partial charge in [-0.2, -0.15) is 0 Å². The predicted molar refractivity (Wildman–Crippen MR) is 127 cm³/mol. The molecule has 31 heavy (non-hydrogen) atoms. The maximum absolute atomic E-state index is 10.1. The summed E-state index contributed by atoms with van der Waals surface area (Å²) in [4.78, 5) is 13.4. The van der Waals surface area contributed by atoms with Gasteiger partial charge in [-0.15, -0.1) is 0 Å². The Labute approximate surface area is 188 Å². The highest BCUT2D eigenvalue weighted by atomic mass is 32.2. The average Bonchev–Trinajstić information content (AvgIpc) is 3.33. The molecule has 1 aromatic carbocycles. The Morgan fingerprint density at radius 1 is 1.16 bits per heavy atom. The molecule has 0 bridgehead atoms. The van der Waals surface area contributed by atoms with E-state index in [0.717, 1.165) is 40.4 Å². The number of para-hydroxylation sites is 1. The molecule has 1 spiro atoms. The third kappa shape index (κ3) is 3.64. The lowest BCUT2D eigenvalue weighted by Crippen LogP contribution is -2.42. The fraction of sp³-hybridized carbons (Fsp3) is 0.520. The lowest BCUT2D eigenvalue weighted by molar-refractivity contribution is 0.161. The predicted octanol–water partition coefficient (Wildman–Crippen LogP) is 5.33. The molecule has 1 aliphatic carbocycles. The maximum Gasteiger partial charge on any atom is 0.153 e. The van der Waals surface area contributed by atoms with Gasteiger partial charge in [0.15, 0.2) is 5.82 Å². The van der Waals surface area contributed by atoms with Gasteiger partial charge in [-0.1, -0.05) is 43.7 Å². The molecule has 2 fully saturated rings. The first-order valence-corrected chi connectivity index (χ1v) is 12.3. The van der Waals surface area contributed by atoms with Crippen molar-refractivity contribution in [1.29, 1.82) is 0 Å². The van der Waals surface area contributed by atoms with Crippen LogP contribution >= 0.6 is 11.8 Å². The molecule has 1 atom stereocenters. The van der Waals surface area contributed by atoms with Crippen LogP contribution in [0.15, 0.2) is 40.4 Å². The molecule has 164 valence electrons. The van der Waals surface area contributed by atoms with E-state index < -0.39 is 0 Å². The summed E-state index contributed by atoms with van der Waals surface area (Å²) < 4.78 is 2.15. The first-order valence-electron chi connectivity index (χ1n) is 11.5. The minimum absolute atomic E-state index is 0.0808. The molecule has 6 heteroatoms. The zero-order valence-electron chi connectivity index (χ0n) is 18.8. The maximum atomic E-state index is 10.1. The number of aryl methyl sites for hydroxylation is 2. The van der Waals surface area contributed by atoms with Crippen LogP contribution in [-0.2, 0) is 13.7 Å². The Kier molecular flexibility index (Phi) is 5.47. The molecule has 2 aromatic heterocycles. The summed E-state index contributed by atoms with van der Waals surface area (Å²) in [5.41, 5.74) is 3.36. The van der Waals surface area contributed by atoms with Gasteiger partial charge in [0.05, 0.1) is 17.8 Å². The van der Waals surface area contributed by atoms with Gasteiger partial charge in [0.2, 0.25) is 0 Å². The fourth-order valence-electron chi connectivity index (χ4n) is 5.70. The number of aromatic nitrogens is 3. The molecule has 1 aliphatic heterocycles. The minimum Gasteiger partial charge on any atom is -0.390 e. The SMILES string of the molecule is Cc1nc(N2CCC3(CCC[C@H]3C)CC2)c(CO)nc1Sc1cccc2ccn(C)c12. The van der Waals surface area contributed by atoms with Crippen molar-refractivity contribution >= 4 is 28.5 Å². The number of benzene rings is 1. The van der Waals surface area contributed by atoms with Crippen molar-refractivity contribution in [3.63, 3.8) is 0 Å². The number of rotatable bonds is 4. The van der Waals surface area contributed by atoms with Crippen molar-refractivity contribution in [1.82, 2.24) is 14.5 Å².